The van der Waals surface area contributed by atoms with Gasteiger partial charge < -0.3 is 26.4 Å². The Morgan fingerprint density at radius 3 is 2.45 bits per heavy atom. The highest BCUT2D eigenvalue weighted by Crippen LogP contribution is 2.29. The number of nitrogen functional groups attached to an aromatic ring is 3. The quantitative estimate of drug-likeness (QED) is 0.0412. The first kappa shape index (κ1) is 30.3. The Labute approximate surface area is 239 Å². The van der Waals surface area contributed by atoms with Gasteiger partial charge in [0.05, 0.1) is 15.3 Å². The number of amidine groups is 1. The standard InChI is InChI=1S/C15H10BrIN4O5.C7H9N3.C2H6/c16-8-2-1-7-5-19-14(13(18)9(7)3-8)20-15(22)25-6-11-10(17)4-12(26-11)21(23)24;8-6-3-1-5(2-4-6)7(9)10;1-2/h1-5H,6,18H2,(H,19,20,22);1-4H,8H2,(H3,9,10);1-2H3. The Hall–Kier alpha value is -3.92. The zero-order chi connectivity index (χ0) is 28.4. The number of amides is 1. The van der Waals surface area contributed by atoms with E-state index in [2.05, 4.69) is 26.2 Å². The van der Waals surface area contributed by atoms with E-state index in [0.29, 0.717) is 20.5 Å². The molecule has 2 aromatic carbocycles. The molecule has 2 aromatic heterocycles. The number of carbonyl (C=O) groups excluding carboxylic acids is 1. The van der Waals surface area contributed by atoms with E-state index >= 15 is 0 Å². The van der Waals surface area contributed by atoms with E-state index in [0.717, 1.165) is 15.2 Å². The highest BCUT2D eigenvalue weighted by molar-refractivity contribution is 14.1. The number of furan rings is 1. The molecule has 4 rings (SSSR count). The van der Waals surface area contributed by atoms with Gasteiger partial charge in [0.15, 0.2) is 18.2 Å². The molecule has 0 aliphatic heterocycles. The van der Waals surface area contributed by atoms with Crippen LogP contribution in [0.3, 0.4) is 0 Å². The number of halogens is 2. The highest BCUT2D eigenvalue weighted by atomic mass is 127. The molecule has 12 nitrogen and oxygen atoms in total. The summed E-state index contributed by atoms with van der Waals surface area (Å²) in [6.45, 7) is 3.73. The monoisotopic (exact) mass is 697 g/mol. The molecule has 0 saturated heterocycles. The van der Waals surface area contributed by atoms with Crippen LogP contribution in [-0.2, 0) is 11.3 Å². The van der Waals surface area contributed by atoms with Gasteiger partial charge in [-0.15, -0.1) is 0 Å². The molecule has 200 valence electrons. The molecule has 0 atom stereocenters. The van der Waals surface area contributed by atoms with Crippen molar-refractivity contribution in [1.82, 2.24) is 4.98 Å². The molecule has 0 aliphatic rings. The van der Waals surface area contributed by atoms with Crippen LogP contribution in [0, 0.1) is 19.1 Å². The van der Waals surface area contributed by atoms with Crippen LogP contribution < -0.4 is 22.5 Å². The average Bonchev–Trinajstić information content (AvgIpc) is 3.27. The number of nitrogens with two attached hydrogens (primary N) is 3. The van der Waals surface area contributed by atoms with E-state index < -0.39 is 16.9 Å². The highest BCUT2D eigenvalue weighted by Gasteiger charge is 2.19. The van der Waals surface area contributed by atoms with Crippen molar-refractivity contribution in [2.75, 3.05) is 16.8 Å². The van der Waals surface area contributed by atoms with Crippen LogP contribution in [0.1, 0.15) is 25.2 Å². The molecular weight excluding hydrogens is 673 g/mol. The number of rotatable bonds is 5. The van der Waals surface area contributed by atoms with Gasteiger partial charge in [-0.05, 0) is 59.0 Å². The third-order valence-corrected chi connectivity index (χ3v) is 6.00. The van der Waals surface area contributed by atoms with Gasteiger partial charge in [0.25, 0.3) is 0 Å². The van der Waals surface area contributed by atoms with Crippen LogP contribution in [0.5, 0.6) is 0 Å². The normalized spacial score (nSPS) is 9.89. The smallest absolute Gasteiger partial charge is 0.434 e. The van der Waals surface area contributed by atoms with Gasteiger partial charge >= 0.3 is 12.0 Å². The summed E-state index contributed by atoms with van der Waals surface area (Å²) in [5.41, 5.74) is 18.4. The second-order valence-corrected chi connectivity index (χ2v) is 9.18. The number of carbonyl (C=O) groups is 1. The maximum Gasteiger partial charge on any atom is 0.434 e. The number of nitrogens with one attached hydrogen (secondary N) is 2. The van der Waals surface area contributed by atoms with Crippen LogP contribution >= 0.6 is 38.5 Å². The number of benzene rings is 2. The zero-order valence-corrected chi connectivity index (χ0v) is 24.1. The van der Waals surface area contributed by atoms with Gasteiger partial charge in [0.2, 0.25) is 0 Å². The summed E-state index contributed by atoms with van der Waals surface area (Å²) in [7, 11) is 0. The summed E-state index contributed by atoms with van der Waals surface area (Å²) in [5, 5.41) is 21.7. The minimum Gasteiger partial charge on any atom is -0.441 e. The maximum atomic E-state index is 12.0. The SMILES string of the molecule is CC.N=C(N)c1ccc(N)cc1.Nc1c(NC(=O)OCc2oc([N+](=O)[O-])cc2I)ncc2ccc(Br)cc12. The second kappa shape index (κ2) is 14.1. The summed E-state index contributed by atoms with van der Waals surface area (Å²) in [6, 6.07) is 13.6. The van der Waals surface area contributed by atoms with E-state index in [1.54, 1.807) is 30.5 Å². The number of nitro groups is 1. The predicted octanol–water partition coefficient (Wildman–Crippen LogP) is 6.01. The lowest BCUT2D eigenvalue weighted by Crippen LogP contribution is -2.16. The van der Waals surface area contributed by atoms with Crippen molar-refractivity contribution >= 4 is 84.3 Å². The van der Waals surface area contributed by atoms with Gasteiger partial charge in [0.1, 0.15) is 10.8 Å². The van der Waals surface area contributed by atoms with Gasteiger partial charge in [0, 0.05) is 32.7 Å². The molecule has 1 amide bonds. The number of ether oxygens (including phenoxy) is 1. The van der Waals surface area contributed by atoms with Crippen molar-refractivity contribution in [3.63, 3.8) is 0 Å². The minimum atomic E-state index is -0.812. The molecule has 8 N–H and O–H groups in total. The molecular formula is C24H25BrIN7O5. The lowest BCUT2D eigenvalue weighted by Gasteiger charge is -2.10. The van der Waals surface area contributed by atoms with Crippen LogP contribution in [-0.4, -0.2) is 21.8 Å². The average molecular weight is 698 g/mol. The fraction of sp³-hybridized carbons (Fsp3) is 0.125. The number of anilines is 3. The fourth-order valence-electron chi connectivity index (χ4n) is 2.81. The molecule has 0 aliphatic carbocycles. The van der Waals surface area contributed by atoms with Crippen LogP contribution in [0.25, 0.3) is 10.8 Å². The van der Waals surface area contributed by atoms with Crippen molar-refractivity contribution in [1.29, 1.82) is 5.41 Å². The molecule has 0 radical (unpaired) electrons. The number of hydrogen-bond acceptors (Lipinski definition) is 9. The van der Waals surface area contributed by atoms with Gasteiger partial charge in [-0.1, -0.05) is 35.8 Å². The fourth-order valence-corrected chi connectivity index (χ4v) is 3.71. The molecule has 0 spiro atoms. The minimum absolute atomic E-state index is 0.0694. The van der Waals surface area contributed by atoms with Crippen molar-refractivity contribution < 1.29 is 18.9 Å². The van der Waals surface area contributed by atoms with E-state index in [9.17, 15) is 14.9 Å². The third-order valence-electron chi connectivity index (χ3n) is 4.59. The Balaban J connectivity index is 0.000000353. The maximum absolute atomic E-state index is 12.0. The number of pyridine rings is 1. The number of hydrogen-bond donors (Lipinski definition) is 5. The summed E-state index contributed by atoms with van der Waals surface area (Å²) < 4.78 is 11.4. The number of aromatic nitrogens is 1. The second-order valence-electron chi connectivity index (χ2n) is 7.10. The summed E-state index contributed by atoms with van der Waals surface area (Å²) in [5.74, 6) is -0.0176. The van der Waals surface area contributed by atoms with Crippen molar-refractivity contribution in [2.45, 2.75) is 20.5 Å². The Morgan fingerprint density at radius 1 is 1.21 bits per heavy atom. The Kier molecular flexibility index (Phi) is 11.3. The molecule has 2 heterocycles. The van der Waals surface area contributed by atoms with E-state index in [-0.39, 0.29) is 24.0 Å². The lowest BCUT2D eigenvalue weighted by molar-refractivity contribution is -0.402. The summed E-state index contributed by atoms with van der Waals surface area (Å²) in [6.07, 6.45) is 0.764. The van der Waals surface area contributed by atoms with Gasteiger partial charge in [-0.2, -0.15) is 0 Å². The molecule has 0 fully saturated rings. The van der Waals surface area contributed by atoms with E-state index in [1.165, 1.54) is 6.07 Å². The summed E-state index contributed by atoms with van der Waals surface area (Å²) in [4.78, 5) is 26.1. The molecule has 4 aromatic rings. The topological polar surface area (TPSA) is 209 Å². The first-order valence-electron chi connectivity index (χ1n) is 10.9. The van der Waals surface area contributed by atoms with Gasteiger partial charge in [-0.3, -0.25) is 20.8 Å². The lowest BCUT2D eigenvalue weighted by atomic mass is 10.1. The molecule has 0 bridgehead atoms. The molecule has 14 heteroatoms. The summed E-state index contributed by atoms with van der Waals surface area (Å²) >= 11 is 5.22. The molecule has 0 unspecified atom stereocenters. The largest absolute Gasteiger partial charge is 0.441 e. The van der Waals surface area contributed by atoms with Crippen molar-refractivity contribution in [3.8, 4) is 0 Å². The van der Waals surface area contributed by atoms with Gasteiger partial charge in [-0.25, -0.2) is 9.78 Å². The van der Waals surface area contributed by atoms with Crippen molar-refractivity contribution in [2.24, 2.45) is 5.73 Å². The third kappa shape index (κ3) is 8.31. The molecule has 0 saturated carbocycles. The van der Waals surface area contributed by atoms with Crippen molar-refractivity contribution in [3.05, 3.63) is 84.2 Å². The van der Waals surface area contributed by atoms with Crippen LogP contribution in [0.4, 0.5) is 27.9 Å². The number of fused-ring (bicyclic) bond motifs is 1. The van der Waals surface area contributed by atoms with E-state index in [1.807, 2.05) is 54.6 Å². The number of nitrogens with zero attached hydrogens (tertiary/aromatic N) is 2. The van der Waals surface area contributed by atoms with Crippen LogP contribution in [0.15, 0.2) is 63.6 Å². The van der Waals surface area contributed by atoms with Crippen LogP contribution in [0.2, 0.25) is 0 Å². The first-order valence-corrected chi connectivity index (χ1v) is 12.8. The Bertz CT molecular complexity index is 1440. The van der Waals surface area contributed by atoms with E-state index in [4.69, 9.17) is 31.8 Å². The molecule has 38 heavy (non-hydrogen) atoms. The predicted molar refractivity (Wildman–Crippen MR) is 159 cm³/mol. The Morgan fingerprint density at radius 2 is 1.87 bits per heavy atom. The first-order chi connectivity index (χ1) is 18.0. The zero-order valence-electron chi connectivity index (χ0n) is 20.3.